The van der Waals surface area contributed by atoms with Crippen LogP contribution in [0.5, 0.6) is 0 Å². The lowest BCUT2D eigenvalue weighted by Crippen LogP contribution is -2.26. The van der Waals surface area contributed by atoms with E-state index in [-0.39, 0.29) is 5.56 Å². The molecular weight excluding hydrogens is 457 g/mol. The second-order valence-corrected chi connectivity index (χ2v) is 9.31. The number of aryl methyl sites for hydroxylation is 2. The first kappa shape index (κ1) is 23.4. The molecule has 0 radical (unpaired) electrons. The lowest BCUT2D eigenvalue weighted by Gasteiger charge is -2.18. The van der Waals surface area contributed by atoms with E-state index in [0.29, 0.717) is 38.6 Å². The van der Waals surface area contributed by atoms with Gasteiger partial charge in [-0.3, -0.25) is 4.79 Å². The summed E-state index contributed by atoms with van der Waals surface area (Å²) in [6.45, 7) is 7.13. The minimum Gasteiger partial charge on any atom is -0.323 e. The van der Waals surface area contributed by atoms with Crippen molar-refractivity contribution in [1.82, 2.24) is 19.4 Å². The van der Waals surface area contributed by atoms with Crippen LogP contribution in [0.3, 0.4) is 0 Å². The summed E-state index contributed by atoms with van der Waals surface area (Å²) >= 11 is 12.6. The molecule has 2 aromatic heterocycles. The molecule has 2 N–H and O–H groups in total. The first-order valence-corrected chi connectivity index (χ1v) is 11.5. The fourth-order valence-electron chi connectivity index (χ4n) is 3.83. The van der Waals surface area contributed by atoms with Gasteiger partial charge in [0.1, 0.15) is 0 Å². The minimum atomic E-state index is -0.150. The van der Waals surface area contributed by atoms with Crippen molar-refractivity contribution in [1.29, 1.82) is 0 Å². The molecule has 0 aliphatic rings. The normalized spacial score (nSPS) is 12.2. The zero-order chi connectivity index (χ0) is 23.9. The molecule has 0 saturated heterocycles. The molecule has 0 aliphatic heterocycles. The van der Waals surface area contributed by atoms with Crippen molar-refractivity contribution >= 4 is 62.7 Å². The summed E-state index contributed by atoms with van der Waals surface area (Å²) in [7, 11) is 3.94. The van der Waals surface area contributed by atoms with Crippen molar-refractivity contribution < 1.29 is 0 Å². The molecule has 2 heterocycles. The molecule has 172 valence electrons. The van der Waals surface area contributed by atoms with Crippen molar-refractivity contribution in [2.75, 3.05) is 18.9 Å². The van der Waals surface area contributed by atoms with E-state index < -0.39 is 0 Å². The molecule has 0 atom stereocenters. The fraction of sp³-hybridized carbons (Fsp3) is 0.280. The monoisotopic (exact) mass is 483 g/mol. The van der Waals surface area contributed by atoms with Crippen LogP contribution in [0.1, 0.15) is 25.1 Å². The van der Waals surface area contributed by atoms with Crippen LogP contribution in [-0.2, 0) is 7.05 Å². The number of aromatic amines is 1. The summed E-state index contributed by atoms with van der Waals surface area (Å²) in [6, 6.07) is 9.65. The standard InChI is InChI=1S/C25H27Cl2N5O/c1-14(2)31(4)13-7-10-19-15(3)16-11-12-20-23(21(16)24(33)28-19)32(5)25(29-20)30-22-17(26)8-6-9-18(22)27/h6-12,14H,13H2,1-5H3,(H,28,33)(H,29,30). The lowest BCUT2D eigenvalue weighted by atomic mass is 10.0. The first-order valence-electron chi connectivity index (χ1n) is 10.8. The molecule has 33 heavy (non-hydrogen) atoms. The van der Waals surface area contributed by atoms with Crippen LogP contribution >= 0.6 is 23.2 Å². The second kappa shape index (κ2) is 9.21. The third-order valence-corrected chi connectivity index (χ3v) is 6.71. The van der Waals surface area contributed by atoms with Crippen molar-refractivity contribution in [2.24, 2.45) is 7.05 Å². The quantitative estimate of drug-likeness (QED) is 0.346. The van der Waals surface area contributed by atoms with Crippen molar-refractivity contribution in [3.63, 3.8) is 0 Å². The molecule has 0 bridgehead atoms. The van der Waals surface area contributed by atoms with Gasteiger partial charge in [0.2, 0.25) is 5.95 Å². The fourth-order valence-corrected chi connectivity index (χ4v) is 4.32. The highest BCUT2D eigenvalue weighted by molar-refractivity contribution is 6.39. The van der Waals surface area contributed by atoms with Crippen LogP contribution < -0.4 is 10.9 Å². The van der Waals surface area contributed by atoms with Crippen LogP contribution in [0.15, 0.2) is 41.2 Å². The van der Waals surface area contributed by atoms with Gasteiger partial charge < -0.3 is 19.8 Å². The van der Waals surface area contributed by atoms with Crippen LogP contribution in [0.2, 0.25) is 10.0 Å². The van der Waals surface area contributed by atoms with Gasteiger partial charge in [0, 0.05) is 25.3 Å². The van der Waals surface area contributed by atoms with Gasteiger partial charge in [0.05, 0.1) is 32.2 Å². The predicted molar refractivity (Wildman–Crippen MR) is 140 cm³/mol. The number of rotatable bonds is 6. The van der Waals surface area contributed by atoms with Gasteiger partial charge >= 0.3 is 0 Å². The van der Waals surface area contributed by atoms with E-state index in [4.69, 9.17) is 23.2 Å². The van der Waals surface area contributed by atoms with Crippen molar-refractivity contribution in [2.45, 2.75) is 26.8 Å². The Morgan fingerprint density at radius 3 is 2.58 bits per heavy atom. The highest BCUT2D eigenvalue weighted by atomic mass is 35.5. The van der Waals surface area contributed by atoms with E-state index in [1.165, 1.54) is 0 Å². The molecule has 4 rings (SSSR count). The van der Waals surface area contributed by atoms with Gasteiger partial charge in [0.15, 0.2) is 0 Å². The predicted octanol–water partition coefficient (Wildman–Crippen LogP) is 6.13. The molecule has 0 amide bonds. The number of para-hydroxylation sites is 1. The number of H-pyrrole nitrogens is 1. The molecule has 8 heteroatoms. The highest BCUT2D eigenvalue weighted by Crippen LogP contribution is 2.34. The number of nitrogens with zero attached hydrogens (tertiary/aromatic N) is 3. The van der Waals surface area contributed by atoms with E-state index in [1.54, 1.807) is 18.2 Å². The molecule has 0 fully saturated rings. The molecule has 0 spiro atoms. The van der Waals surface area contributed by atoms with E-state index in [9.17, 15) is 4.79 Å². The van der Waals surface area contributed by atoms with E-state index in [1.807, 2.05) is 36.7 Å². The minimum absolute atomic E-state index is 0.150. The number of pyridine rings is 1. The zero-order valence-electron chi connectivity index (χ0n) is 19.3. The number of likely N-dealkylation sites (N-methyl/N-ethyl adjacent to an activating group) is 1. The second-order valence-electron chi connectivity index (χ2n) is 8.50. The maximum atomic E-state index is 13.2. The highest BCUT2D eigenvalue weighted by Gasteiger charge is 2.17. The van der Waals surface area contributed by atoms with Gasteiger partial charge in [-0.25, -0.2) is 4.98 Å². The number of benzene rings is 2. The molecule has 0 saturated carbocycles. The number of hydrogen-bond donors (Lipinski definition) is 2. The molecular formula is C25H27Cl2N5O. The Kier molecular flexibility index (Phi) is 6.52. The van der Waals surface area contributed by atoms with Gasteiger partial charge in [-0.15, -0.1) is 0 Å². The summed E-state index contributed by atoms with van der Waals surface area (Å²) in [5.41, 5.74) is 3.71. The first-order chi connectivity index (χ1) is 15.7. The average Bonchev–Trinajstić information content (AvgIpc) is 3.09. The van der Waals surface area contributed by atoms with Gasteiger partial charge in [-0.1, -0.05) is 41.4 Å². The summed E-state index contributed by atoms with van der Waals surface area (Å²) in [5.74, 6) is 0.547. The lowest BCUT2D eigenvalue weighted by molar-refractivity contribution is 0.303. The maximum absolute atomic E-state index is 13.2. The number of fused-ring (bicyclic) bond motifs is 3. The van der Waals surface area contributed by atoms with Crippen LogP contribution in [0.4, 0.5) is 11.6 Å². The van der Waals surface area contributed by atoms with E-state index in [2.05, 4.69) is 47.2 Å². The van der Waals surface area contributed by atoms with Crippen molar-refractivity contribution in [3.8, 4) is 0 Å². The summed E-state index contributed by atoms with van der Waals surface area (Å²) in [5, 5.41) is 5.71. The number of aromatic nitrogens is 3. The molecule has 4 aromatic rings. The number of anilines is 2. The Labute approximate surface area is 202 Å². The number of imidazole rings is 1. The number of nitrogens with one attached hydrogen (secondary N) is 2. The average molecular weight is 484 g/mol. The Balaban J connectivity index is 1.81. The largest absolute Gasteiger partial charge is 0.323 e. The third-order valence-electron chi connectivity index (χ3n) is 6.08. The smallest absolute Gasteiger partial charge is 0.258 e. The van der Waals surface area contributed by atoms with Crippen LogP contribution in [0.25, 0.3) is 27.9 Å². The Morgan fingerprint density at radius 1 is 1.21 bits per heavy atom. The SMILES string of the molecule is Cc1c(C=CCN(C)C(C)C)[nH]c(=O)c2c1ccc1nc(Nc3c(Cl)cccc3Cl)n(C)c12. The summed E-state index contributed by atoms with van der Waals surface area (Å²) in [6.07, 6.45) is 4.05. The molecule has 6 nitrogen and oxygen atoms in total. The van der Waals surface area contributed by atoms with Gasteiger partial charge in [-0.05, 0) is 63.0 Å². The maximum Gasteiger partial charge on any atom is 0.258 e. The molecule has 0 unspecified atom stereocenters. The van der Waals surface area contributed by atoms with Crippen LogP contribution in [-0.4, -0.2) is 39.1 Å². The van der Waals surface area contributed by atoms with Crippen molar-refractivity contribution in [3.05, 3.63) is 68.1 Å². The Bertz CT molecular complexity index is 1410. The third kappa shape index (κ3) is 4.38. The zero-order valence-corrected chi connectivity index (χ0v) is 20.8. The number of halogens is 2. The van der Waals surface area contributed by atoms with E-state index >= 15 is 0 Å². The summed E-state index contributed by atoms with van der Waals surface area (Å²) < 4.78 is 1.86. The van der Waals surface area contributed by atoms with Crippen LogP contribution in [0, 0.1) is 6.92 Å². The Hall–Kier alpha value is -2.80. The Morgan fingerprint density at radius 2 is 1.91 bits per heavy atom. The topological polar surface area (TPSA) is 66.0 Å². The van der Waals surface area contributed by atoms with Gasteiger partial charge in [0.25, 0.3) is 5.56 Å². The van der Waals surface area contributed by atoms with E-state index in [0.717, 1.165) is 28.7 Å². The molecule has 2 aromatic carbocycles. The molecule has 0 aliphatic carbocycles. The van der Waals surface area contributed by atoms with Gasteiger partial charge in [-0.2, -0.15) is 0 Å². The summed E-state index contributed by atoms with van der Waals surface area (Å²) in [4.78, 5) is 23.2. The number of hydrogen-bond acceptors (Lipinski definition) is 4.